The number of hydrogen-bond donors (Lipinski definition) is 1. The van der Waals surface area contributed by atoms with Crippen LogP contribution in [0.5, 0.6) is 11.6 Å². The van der Waals surface area contributed by atoms with E-state index in [1.54, 1.807) is 60.1 Å². The third kappa shape index (κ3) is 23.5. The van der Waals surface area contributed by atoms with Crippen molar-refractivity contribution in [2.45, 2.75) is 140 Å². The standard InChI is InChI=1S/C19H21N3O.C19H20N2O2.C19H19NO2.C19H19NO.2C18H20N2O2S/c1-12-5-6-14(10-13(12)2)15-11-16(15)19(23)22-9-8-20-17-4-3-7-21-18(17)22;1-12-5-6-14(10-13(12)2)15-11-16(15)19(22)21-8-9-23-18-17(21)4-3-7-20-18;1-14-7-8-16(13-15(14)2)9-10-19(21)20-11-12-22-18-6-4-3-5-17(18)20;1-14-7-8-16(13-15(14)2)9-10-19(21)20-12-11-17-5-3-4-6-18(17)20;1-14-7-8-16(13-15(14)2)9-12-23(21,22)20-11-4-5-17-18(20)6-3-10-19-17;1-14-7-8-16(13-15(14)2)9-12-23(21,22)20-11-4-6-17-5-3-10-19-18(17)20/h3-7,10,15-16,20H,8-9,11H2,1-2H3;3-7,10,15-16H,8-9,11H2,1-2H3;3-10,13H,11-12H2,1-2H3;3-10,13H,11-12H2,1-2H3;3,6-10,12-13H,4-5,11H2,1-2H3;3,5,7-10,12-13H,4,6,11H2,1-2H3/b;;2*10-9+;2*12-9+. The van der Waals surface area contributed by atoms with E-state index in [2.05, 4.69) is 147 Å². The zero-order chi connectivity index (χ0) is 95.2. The first-order valence-electron chi connectivity index (χ1n) is 46.5. The number of aryl methyl sites for hydroxylation is 14. The third-order valence-electron chi connectivity index (χ3n) is 26.4. The number of carbonyl (C=O) groups is 4. The number of anilines is 7. The zero-order valence-corrected chi connectivity index (χ0v) is 80.7. The fourth-order valence-electron chi connectivity index (χ4n) is 17.4. The summed E-state index contributed by atoms with van der Waals surface area (Å²) in [6.07, 6.45) is 23.3. The average molecular weight is 1840 g/mol. The quantitative estimate of drug-likeness (QED) is 0.0996. The van der Waals surface area contributed by atoms with Crippen LogP contribution in [0.1, 0.15) is 154 Å². The lowest BCUT2D eigenvalue weighted by Gasteiger charge is -2.29. The van der Waals surface area contributed by atoms with Crippen LogP contribution in [0.25, 0.3) is 24.3 Å². The Hall–Kier alpha value is -13.9. The van der Waals surface area contributed by atoms with Crippen LogP contribution >= 0.6 is 0 Å². The summed E-state index contributed by atoms with van der Waals surface area (Å²) in [5.74, 6) is 4.02. The summed E-state index contributed by atoms with van der Waals surface area (Å²) in [7, 11) is -7.03. The highest BCUT2D eigenvalue weighted by Crippen LogP contribution is 2.51. The van der Waals surface area contributed by atoms with E-state index >= 15 is 0 Å². The second kappa shape index (κ2) is 43.0. The number of ether oxygens (including phenoxy) is 2. The van der Waals surface area contributed by atoms with Gasteiger partial charge >= 0.3 is 0 Å². The number of carbonyl (C=O) groups excluding carboxylic acids is 4. The fourth-order valence-corrected chi connectivity index (χ4v) is 20.0. The van der Waals surface area contributed by atoms with E-state index in [9.17, 15) is 36.0 Å². The molecule has 0 bridgehead atoms. The van der Waals surface area contributed by atoms with E-state index in [0.29, 0.717) is 75.2 Å². The Labute approximate surface area is 795 Å². The molecule has 0 radical (unpaired) electrons. The number of amides is 4. The van der Waals surface area contributed by atoms with E-state index in [-0.39, 0.29) is 35.5 Å². The molecule has 23 heteroatoms. The van der Waals surface area contributed by atoms with Gasteiger partial charge in [-0.05, 0) is 336 Å². The predicted octanol–water partition coefficient (Wildman–Crippen LogP) is 21.0. The van der Waals surface area contributed by atoms with Gasteiger partial charge in [0, 0.05) is 87.2 Å². The molecule has 4 unspecified atom stereocenters. The van der Waals surface area contributed by atoms with Crippen LogP contribution < -0.4 is 43.0 Å². The Morgan fingerprint density at radius 2 is 0.800 bits per heavy atom. The van der Waals surface area contributed by atoms with Gasteiger partial charge in [0.2, 0.25) is 17.7 Å². The zero-order valence-electron chi connectivity index (χ0n) is 79.1. The molecule has 1 N–H and O–H groups in total. The number of fused-ring (bicyclic) bond motifs is 6. The first-order valence-corrected chi connectivity index (χ1v) is 49.5. The lowest BCUT2D eigenvalue weighted by molar-refractivity contribution is -0.120. The summed E-state index contributed by atoms with van der Waals surface area (Å²) in [6, 6.07) is 68.2. The van der Waals surface area contributed by atoms with Gasteiger partial charge in [0.25, 0.3) is 31.9 Å². The van der Waals surface area contributed by atoms with Gasteiger partial charge in [-0.25, -0.2) is 31.8 Å². The molecule has 694 valence electrons. The number of nitrogens with one attached hydrogen (secondary N) is 1. The molecule has 4 atom stereocenters. The number of rotatable bonds is 14. The molecule has 2 fully saturated rings. The maximum absolute atomic E-state index is 12.9. The number of nitrogens with zero attached hydrogens (tertiary/aromatic N) is 10. The minimum absolute atomic E-state index is 0.0195. The first kappa shape index (κ1) is 95.7. The minimum atomic E-state index is -3.53. The minimum Gasteiger partial charge on any atom is -0.490 e. The molecule has 2 aliphatic carbocycles. The van der Waals surface area contributed by atoms with Crippen molar-refractivity contribution in [1.82, 2.24) is 19.9 Å². The highest BCUT2D eigenvalue weighted by molar-refractivity contribution is 7.96. The van der Waals surface area contributed by atoms with Gasteiger partial charge in [-0.3, -0.25) is 37.7 Å². The Morgan fingerprint density at radius 3 is 1.38 bits per heavy atom. The van der Waals surface area contributed by atoms with Crippen molar-refractivity contribution in [2.24, 2.45) is 11.8 Å². The maximum atomic E-state index is 12.9. The number of benzene rings is 8. The second-order valence-electron chi connectivity index (χ2n) is 35.8. The third-order valence-corrected chi connectivity index (χ3v) is 29.3. The molecule has 8 aliphatic rings. The van der Waals surface area contributed by atoms with Gasteiger partial charge in [0.1, 0.15) is 30.5 Å². The molecule has 20 rings (SSSR count). The van der Waals surface area contributed by atoms with E-state index in [0.717, 1.165) is 137 Å². The summed E-state index contributed by atoms with van der Waals surface area (Å²) < 4.78 is 64.7. The van der Waals surface area contributed by atoms with E-state index in [4.69, 9.17) is 9.47 Å². The van der Waals surface area contributed by atoms with Gasteiger partial charge < -0.3 is 29.5 Å². The molecule has 21 nitrogen and oxygen atoms in total. The molecule has 6 aliphatic heterocycles. The topological polar surface area (TPSA) is 238 Å². The Bertz CT molecular complexity index is 6510. The Kier molecular flexibility index (Phi) is 30.5. The molecule has 8 aromatic carbocycles. The van der Waals surface area contributed by atoms with Gasteiger partial charge in [-0.1, -0.05) is 146 Å². The van der Waals surface area contributed by atoms with Crippen LogP contribution in [-0.2, 0) is 58.5 Å². The average Bonchev–Trinajstić information content (AvgIpc) is 1.62. The van der Waals surface area contributed by atoms with Gasteiger partial charge in [0.15, 0.2) is 5.82 Å². The van der Waals surface area contributed by atoms with Crippen molar-refractivity contribution in [3.63, 3.8) is 0 Å². The summed E-state index contributed by atoms with van der Waals surface area (Å²) >= 11 is 0. The van der Waals surface area contributed by atoms with Crippen LogP contribution in [0.2, 0.25) is 0 Å². The number of hydrogen-bond acceptors (Lipinski definition) is 15. The van der Waals surface area contributed by atoms with Gasteiger partial charge in [-0.15, -0.1) is 0 Å². The lowest BCUT2D eigenvalue weighted by Crippen LogP contribution is -2.40. The molecule has 2 saturated carbocycles. The van der Waals surface area contributed by atoms with Gasteiger partial charge in [0.05, 0.1) is 46.7 Å². The molecule has 0 spiro atoms. The molecule has 0 saturated heterocycles. The van der Waals surface area contributed by atoms with Crippen molar-refractivity contribution in [3.8, 4) is 11.6 Å². The van der Waals surface area contributed by atoms with Crippen molar-refractivity contribution in [1.29, 1.82) is 0 Å². The largest absolute Gasteiger partial charge is 0.490 e. The van der Waals surface area contributed by atoms with Crippen LogP contribution in [0.15, 0.2) is 254 Å². The van der Waals surface area contributed by atoms with E-state index in [1.807, 2.05) is 188 Å². The monoisotopic (exact) mass is 1840 g/mol. The van der Waals surface area contributed by atoms with Crippen LogP contribution in [0, 0.1) is 94.9 Å². The lowest BCUT2D eigenvalue weighted by atomic mass is 10.0. The summed E-state index contributed by atoms with van der Waals surface area (Å²) in [6.45, 7) is 30.4. The normalized spacial score (nSPS) is 17.1. The maximum Gasteiger partial charge on any atom is 0.258 e. The predicted molar refractivity (Wildman–Crippen MR) is 545 cm³/mol. The molecule has 12 aromatic rings. The molecule has 4 aromatic heterocycles. The summed E-state index contributed by atoms with van der Waals surface area (Å²) in [4.78, 5) is 75.1. The van der Waals surface area contributed by atoms with Crippen molar-refractivity contribution >= 4 is 108 Å². The molecule has 4 amide bonds. The molecular formula is C112H119N11O10S2. The molecule has 135 heavy (non-hydrogen) atoms. The highest BCUT2D eigenvalue weighted by Gasteiger charge is 2.48. The first-order chi connectivity index (χ1) is 65.0. The van der Waals surface area contributed by atoms with Gasteiger partial charge in [-0.2, -0.15) is 0 Å². The molecular weight excluding hydrogens is 1720 g/mol. The van der Waals surface area contributed by atoms with E-state index in [1.165, 1.54) is 91.8 Å². The molecule has 10 heterocycles. The Balaban J connectivity index is 0.000000123. The number of sulfonamides is 2. The fraction of sp³-hybridized carbons (Fsp3) is 0.286. The highest BCUT2D eigenvalue weighted by atomic mass is 32.2. The number of pyridine rings is 4. The van der Waals surface area contributed by atoms with Crippen LogP contribution in [-0.4, -0.2) is 119 Å². The van der Waals surface area contributed by atoms with Crippen molar-refractivity contribution in [3.05, 3.63) is 371 Å². The smallest absolute Gasteiger partial charge is 0.258 e. The Morgan fingerprint density at radius 1 is 0.363 bits per heavy atom. The SMILES string of the molecule is Cc1ccc(/C=C/C(=O)N2CCOc3ccccc32)cc1C.Cc1ccc(/C=C/C(=O)N2CCc3ccccc32)cc1C.Cc1ccc(/C=C/S(=O)(=O)N2CCCc3cccnc32)cc1C.Cc1ccc(/C=C/S(=O)(=O)N2CCCc3ncccc32)cc1C.Cc1ccc(C2CC2C(=O)N2CCNc3cccnc32)cc1C.Cc1ccc(C2CC2C(=O)N2CCOc3ncccc32)cc1C. The van der Waals surface area contributed by atoms with Crippen LogP contribution in [0.3, 0.4) is 0 Å². The van der Waals surface area contributed by atoms with Crippen molar-refractivity contribution in [2.75, 3.05) is 92.6 Å². The van der Waals surface area contributed by atoms with E-state index < -0.39 is 20.0 Å². The van der Waals surface area contributed by atoms with Crippen molar-refractivity contribution < 1.29 is 45.5 Å². The number of para-hydroxylation sites is 3. The summed E-state index contributed by atoms with van der Waals surface area (Å²) in [5.41, 5.74) is 28.8. The summed E-state index contributed by atoms with van der Waals surface area (Å²) in [5, 5.41) is 5.88. The van der Waals surface area contributed by atoms with Crippen LogP contribution in [0.4, 0.5) is 40.1 Å². The number of aromatic nitrogens is 4. The second-order valence-corrected chi connectivity index (χ2v) is 39.2.